The molecule has 6 nitrogen and oxygen atoms in total. The van der Waals surface area contributed by atoms with Gasteiger partial charge in [-0.2, -0.15) is 5.26 Å². The maximum atomic E-state index is 16.6. The summed E-state index contributed by atoms with van der Waals surface area (Å²) in [6.07, 6.45) is 8.65. The Hall–Kier alpha value is -3.44. The molecule has 1 aliphatic carbocycles. The van der Waals surface area contributed by atoms with Crippen molar-refractivity contribution >= 4 is 22.6 Å². The molecule has 0 aromatic carbocycles. The van der Waals surface area contributed by atoms with Crippen molar-refractivity contribution in [3.05, 3.63) is 70.9 Å². The Morgan fingerprint density at radius 3 is 2.67 bits per heavy atom. The molecule has 4 aromatic heterocycles. The minimum atomic E-state index is -2.33. The Balaban J connectivity index is 1.78. The zero-order chi connectivity index (χ0) is 25.4. The Labute approximate surface area is 213 Å². The molecule has 0 aliphatic heterocycles. The molecule has 5 rings (SSSR count). The minimum Gasteiger partial charge on any atom is -0.323 e. The molecule has 0 bridgehead atoms. The zero-order valence-electron chi connectivity index (χ0n) is 20.0. The summed E-state index contributed by atoms with van der Waals surface area (Å²) in [4.78, 5) is 17.4. The van der Waals surface area contributed by atoms with E-state index in [2.05, 4.69) is 32.9 Å². The molecule has 0 unspecified atom stereocenters. The second kappa shape index (κ2) is 9.55. The number of aromatic nitrogens is 5. The highest BCUT2D eigenvalue weighted by Gasteiger charge is 2.39. The van der Waals surface area contributed by atoms with Crippen LogP contribution in [0.3, 0.4) is 0 Å². The van der Waals surface area contributed by atoms with Crippen LogP contribution in [0.5, 0.6) is 0 Å². The number of imidazole rings is 1. The van der Waals surface area contributed by atoms with Gasteiger partial charge in [0.05, 0.1) is 21.7 Å². The van der Waals surface area contributed by atoms with Crippen LogP contribution >= 0.6 is 11.6 Å². The fourth-order valence-corrected chi connectivity index (χ4v) is 5.27. The van der Waals surface area contributed by atoms with Gasteiger partial charge in [-0.3, -0.25) is 9.97 Å². The zero-order valence-corrected chi connectivity index (χ0v) is 20.8. The Kier molecular flexibility index (Phi) is 6.44. The van der Waals surface area contributed by atoms with Crippen LogP contribution in [0.15, 0.2) is 42.9 Å². The summed E-state index contributed by atoms with van der Waals surface area (Å²) in [5.41, 5.74) is -0.563. The van der Waals surface area contributed by atoms with Crippen molar-refractivity contribution in [2.45, 2.75) is 51.7 Å². The average molecular weight is 507 g/mol. The van der Waals surface area contributed by atoms with Crippen LogP contribution < -0.4 is 0 Å². The maximum Gasteiger partial charge on any atom is 0.210 e. The van der Waals surface area contributed by atoms with Gasteiger partial charge in [-0.1, -0.05) is 31.4 Å². The van der Waals surface area contributed by atoms with Gasteiger partial charge in [0.2, 0.25) is 5.67 Å². The number of hydrogen-bond acceptors (Lipinski definition) is 5. The quantitative estimate of drug-likeness (QED) is 0.304. The van der Waals surface area contributed by atoms with E-state index in [1.807, 2.05) is 0 Å². The lowest BCUT2D eigenvalue weighted by atomic mass is 9.83. The van der Waals surface area contributed by atoms with Crippen LogP contribution in [0, 0.1) is 29.0 Å². The standard InChI is InChI=1S/C27H25ClF2N6/c1-16-5-7-17(8-6-16)15-36-24-22(35-26(36)27(2,30)25-21(29)4-3-9-33-25)11-20(12-31)34-23(24)18-10-19(28)14-32-13-18/h3-4,9-11,13-14,16-17H,5-8,15H2,1-2H3/t16?,17?,27-/m0/s1. The Morgan fingerprint density at radius 2 is 1.97 bits per heavy atom. The predicted octanol–water partition coefficient (Wildman–Crippen LogP) is 6.61. The number of nitrogens with zero attached hydrogens (tertiary/aromatic N) is 6. The number of nitriles is 1. The molecule has 1 saturated carbocycles. The van der Waals surface area contributed by atoms with Gasteiger partial charge in [0.25, 0.3) is 0 Å². The van der Waals surface area contributed by atoms with Gasteiger partial charge in [0.1, 0.15) is 23.3 Å². The van der Waals surface area contributed by atoms with E-state index >= 15 is 4.39 Å². The van der Waals surface area contributed by atoms with E-state index in [1.54, 1.807) is 16.8 Å². The van der Waals surface area contributed by atoms with Gasteiger partial charge in [0, 0.05) is 36.8 Å². The third-order valence-corrected chi connectivity index (χ3v) is 7.22. The second-order valence-electron chi connectivity index (χ2n) is 9.74. The molecule has 0 amide bonds. The SMILES string of the molecule is CC1CCC(Cn2c([C@@](C)(F)c3ncccc3F)nc3cc(C#N)nc(-c4cncc(Cl)c4)c32)CC1. The van der Waals surface area contributed by atoms with Crippen molar-refractivity contribution in [1.29, 1.82) is 5.26 Å². The van der Waals surface area contributed by atoms with E-state index in [0.717, 1.165) is 25.7 Å². The molecule has 1 fully saturated rings. The van der Waals surface area contributed by atoms with Crippen molar-refractivity contribution in [2.24, 2.45) is 11.8 Å². The fraction of sp³-hybridized carbons (Fsp3) is 0.370. The Bertz CT molecular complexity index is 1470. The van der Waals surface area contributed by atoms with Crippen LogP contribution in [-0.4, -0.2) is 24.5 Å². The summed E-state index contributed by atoms with van der Waals surface area (Å²) in [5.74, 6) is 0.231. The highest BCUT2D eigenvalue weighted by Crippen LogP contribution is 2.39. The first kappa shape index (κ1) is 24.3. The number of pyridine rings is 3. The molecule has 36 heavy (non-hydrogen) atoms. The molecular weight excluding hydrogens is 482 g/mol. The highest BCUT2D eigenvalue weighted by atomic mass is 35.5. The number of halogens is 3. The van der Waals surface area contributed by atoms with Crippen LogP contribution in [-0.2, 0) is 12.2 Å². The van der Waals surface area contributed by atoms with Gasteiger partial charge in [0.15, 0.2) is 5.82 Å². The third-order valence-electron chi connectivity index (χ3n) is 7.02. The molecular formula is C27H25ClF2N6. The maximum absolute atomic E-state index is 16.6. The molecule has 4 aromatic rings. The topological polar surface area (TPSA) is 80.3 Å². The van der Waals surface area contributed by atoms with Crippen molar-refractivity contribution in [1.82, 2.24) is 24.5 Å². The van der Waals surface area contributed by atoms with Crippen LogP contribution in [0.25, 0.3) is 22.3 Å². The van der Waals surface area contributed by atoms with Gasteiger partial charge >= 0.3 is 0 Å². The molecule has 0 saturated heterocycles. The fourth-order valence-electron chi connectivity index (χ4n) is 5.10. The second-order valence-corrected chi connectivity index (χ2v) is 10.2. The van der Waals surface area contributed by atoms with Crippen molar-refractivity contribution in [2.75, 3.05) is 0 Å². The number of alkyl halides is 1. The molecule has 184 valence electrons. The van der Waals surface area contributed by atoms with Gasteiger partial charge < -0.3 is 4.57 Å². The highest BCUT2D eigenvalue weighted by molar-refractivity contribution is 6.30. The van der Waals surface area contributed by atoms with E-state index in [0.29, 0.717) is 45.7 Å². The summed E-state index contributed by atoms with van der Waals surface area (Å²) in [6.45, 7) is 4.01. The first-order chi connectivity index (χ1) is 17.3. The lowest BCUT2D eigenvalue weighted by Gasteiger charge is -2.29. The third kappa shape index (κ3) is 4.44. The molecule has 4 heterocycles. The number of rotatable bonds is 5. The molecule has 0 N–H and O–H groups in total. The smallest absolute Gasteiger partial charge is 0.210 e. The lowest BCUT2D eigenvalue weighted by Crippen LogP contribution is -2.28. The average Bonchev–Trinajstić information content (AvgIpc) is 3.24. The van der Waals surface area contributed by atoms with E-state index in [-0.39, 0.29) is 17.2 Å². The molecule has 9 heteroatoms. The predicted molar refractivity (Wildman–Crippen MR) is 133 cm³/mol. The summed E-state index contributed by atoms with van der Waals surface area (Å²) in [7, 11) is 0. The van der Waals surface area contributed by atoms with Crippen molar-refractivity contribution in [3.63, 3.8) is 0 Å². The molecule has 0 radical (unpaired) electrons. The molecule has 1 aliphatic rings. The van der Waals surface area contributed by atoms with Gasteiger partial charge in [-0.05, 0) is 49.8 Å². The summed E-state index contributed by atoms with van der Waals surface area (Å²) < 4.78 is 33.2. The van der Waals surface area contributed by atoms with Crippen molar-refractivity contribution < 1.29 is 8.78 Å². The van der Waals surface area contributed by atoms with Crippen LogP contribution in [0.1, 0.15) is 56.7 Å². The van der Waals surface area contributed by atoms with Crippen molar-refractivity contribution in [3.8, 4) is 17.3 Å². The van der Waals surface area contributed by atoms with Gasteiger partial charge in [-0.25, -0.2) is 18.7 Å². The minimum absolute atomic E-state index is 0.0295. The largest absolute Gasteiger partial charge is 0.323 e. The number of hydrogen-bond donors (Lipinski definition) is 0. The summed E-state index contributed by atoms with van der Waals surface area (Å²) in [6, 6.07) is 7.90. The van der Waals surface area contributed by atoms with Crippen LogP contribution in [0.2, 0.25) is 5.02 Å². The van der Waals surface area contributed by atoms with E-state index < -0.39 is 11.5 Å². The van der Waals surface area contributed by atoms with E-state index in [9.17, 15) is 9.65 Å². The molecule has 0 spiro atoms. The Morgan fingerprint density at radius 1 is 1.19 bits per heavy atom. The normalized spacial score (nSPS) is 19.7. The number of fused-ring (bicyclic) bond motifs is 1. The van der Waals surface area contributed by atoms with Crippen LogP contribution in [0.4, 0.5) is 8.78 Å². The summed E-state index contributed by atoms with van der Waals surface area (Å²) >= 11 is 6.22. The molecule has 1 atom stereocenters. The monoisotopic (exact) mass is 506 g/mol. The summed E-state index contributed by atoms with van der Waals surface area (Å²) in [5, 5.41) is 10.0. The first-order valence-corrected chi connectivity index (χ1v) is 12.4. The van der Waals surface area contributed by atoms with E-state index in [4.69, 9.17) is 11.6 Å². The first-order valence-electron chi connectivity index (χ1n) is 12.0. The van der Waals surface area contributed by atoms with Gasteiger partial charge in [-0.15, -0.1) is 0 Å². The lowest BCUT2D eigenvalue weighted by molar-refractivity contribution is 0.203. The van der Waals surface area contributed by atoms with E-state index in [1.165, 1.54) is 37.5 Å².